The Kier molecular flexibility index (Phi) is 2.49. The van der Waals surface area contributed by atoms with Crippen molar-refractivity contribution in [3.63, 3.8) is 0 Å². The normalized spacial score (nSPS) is 21.2. The topological polar surface area (TPSA) is 25.8 Å². The first kappa shape index (κ1) is 8.95. The fourth-order valence-corrected chi connectivity index (χ4v) is 2.09. The van der Waals surface area contributed by atoms with E-state index in [4.69, 9.17) is 11.6 Å². The van der Waals surface area contributed by atoms with Crippen molar-refractivity contribution < 1.29 is 0 Å². The molecule has 1 aliphatic rings. The van der Waals surface area contributed by atoms with Gasteiger partial charge in [0.15, 0.2) is 5.15 Å². The van der Waals surface area contributed by atoms with Gasteiger partial charge in [0, 0.05) is 0 Å². The van der Waals surface area contributed by atoms with E-state index in [2.05, 4.69) is 17.1 Å². The lowest BCUT2D eigenvalue weighted by Crippen LogP contribution is -2.15. The maximum absolute atomic E-state index is 5.79. The Morgan fingerprint density at radius 2 is 2.38 bits per heavy atom. The van der Waals surface area contributed by atoms with Crippen molar-refractivity contribution in [1.82, 2.24) is 10.2 Å². The molecule has 0 radical (unpaired) electrons. The van der Waals surface area contributed by atoms with Crippen LogP contribution in [0.2, 0.25) is 5.15 Å². The van der Waals surface area contributed by atoms with Crippen molar-refractivity contribution in [2.24, 2.45) is 5.92 Å². The molecule has 2 rings (SSSR count). The standard InChI is InChI=1S/C10H13ClN2/c1-2-7-3-4-9-8(5-7)6-10(11)13-12-9/h6-7H,2-5H2,1H3. The molecule has 0 aliphatic heterocycles. The average molecular weight is 197 g/mol. The van der Waals surface area contributed by atoms with Gasteiger partial charge in [0.25, 0.3) is 0 Å². The van der Waals surface area contributed by atoms with Crippen LogP contribution in [-0.2, 0) is 12.8 Å². The van der Waals surface area contributed by atoms with Crippen LogP contribution in [0.3, 0.4) is 0 Å². The molecule has 0 bridgehead atoms. The van der Waals surface area contributed by atoms with Gasteiger partial charge in [-0.05, 0) is 36.8 Å². The molecular weight excluding hydrogens is 184 g/mol. The van der Waals surface area contributed by atoms with Gasteiger partial charge in [-0.25, -0.2) is 0 Å². The number of hydrogen-bond acceptors (Lipinski definition) is 2. The fourth-order valence-electron chi connectivity index (χ4n) is 1.92. The Morgan fingerprint density at radius 1 is 1.54 bits per heavy atom. The summed E-state index contributed by atoms with van der Waals surface area (Å²) in [4.78, 5) is 0. The zero-order valence-electron chi connectivity index (χ0n) is 7.76. The molecule has 0 saturated carbocycles. The van der Waals surface area contributed by atoms with Crippen LogP contribution in [0.5, 0.6) is 0 Å². The number of rotatable bonds is 1. The van der Waals surface area contributed by atoms with Gasteiger partial charge < -0.3 is 0 Å². The zero-order chi connectivity index (χ0) is 9.26. The third-order valence-corrected chi connectivity index (χ3v) is 2.99. The maximum atomic E-state index is 5.79. The van der Waals surface area contributed by atoms with E-state index < -0.39 is 0 Å². The zero-order valence-corrected chi connectivity index (χ0v) is 8.51. The van der Waals surface area contributed by atoms with E-state index in [0.29, 0.717) is 5.15 Å². The highest BCUT2D eigenvalue weighted by Gasteiger charge is 2.18. The number of aromatic nitrogens is 2. The average Bonchev–Trinajstić information content (AvgIpc) is 2.16. The maximum Gasteiger partial charge on any atom is 0.152 e. The van der Waals surface area contributed by atoms with Crippen molar-refractivity contribution in [1.29, 1.82) is 0 Å². The molecule has 2 nitrogen and oxygen atoms in total. The Labute approximate surface area is 83.3 Å². The first-order chi connectivity index (χ1) is 6.29. The molecule has 1 aromatic rings. The SMILES string of the molecule is CCC1CCc2nnc(Cl)cc2C1. The monoisotopic (exact) mass is 196 g/mol. The summed E-state index contributed by atoms with van der Waals surface area (Å²) in [6.45, 7) is 2.24. The van der Waals surface area contributed by atoms with Gasteiger partial charge in [0.2, 0.25) is 0 Å². The first-order valence-electron chi connectivity index (χ1n) is 4.80. The predicted octanol–water partition coefficient (Wildman–Crippen LogP) is 2.64. The molecule has 0 aromatic carbocycles. The summed E-state index contributed by atoms with van der Waals surface area (Å²) in [5.74, 6) is 0.813. The van der Waals surface area contributed by atoms with Crippen LogP contribution in [0, 0.1) is 5.92 Å². The molecule has 1 atom stereocenters. The molecule has 1 aromatic heterocycles. The minimum absolute atomic E-state index is 0.524. The fraction of sp³-hybridized carbons (Fsp3) is 0.600. The summed E-state index contributed by atoms with van der Waals surface area (Å²) in [7, 11) is 0. The molecule has 1 aliphatic carbocycles. The van der Waals surface area contributed by atoms with E-state index in [1.165, 1.54) is 18.4 Å². The minimum Gasteiger partial charge on any atom is -0.154 e. The van der Waals surface area contributed by atoms with E-state index in [9.17, 15) is 0 Å². The van der Waals surface area contributed by atoms with Crippen LogP contribution >= 0.6 is 11.6 Å². The molecule has 3 heteroatoms. The van der Waals surface area contributed by atoms with Gasteiger partial charge in [-0.1, -0.05) is 24.9 Å². The third-order valence-electron chi connectivity index (χ3n) is 2.81. The van der Waals surface area contributed by atoms with Crippen LogP contribution < -0.4 is 0 Å². The number of nitrogens with zero attached hydrogens (tertiary/aromatic N) is 2. The molecular formula is C10H13ClN2. The number of hydrogen-bond donors (Lipinski definition) is 0. The highest BCUT2D eigenvalue weighted by Crippen LogP contribution is 2.26. The van der Waals surface area contributed by atoms with Crippen LogP contribution in [0.15, 0.2) is 6.07 Å². The van der Waals surface area contributed by atoms with Gasteiger partial charge in [-0.15, -0.1) is 5.10 Å². The van der Waals surface area contributed by atoms with Crippen LogP contribution in [0.1, 0.15) is 31.0 Å². The van der Waals surface area contributed by atoms with Gasteiger partial charge >= 0.3 is 0 Å². The first-order valence-corrected chi connectivity index (χ1v) is 5.18. The Morgan fingerprint density at radius 3 is 3.15 bits per heavy atom. The van der Waals surface area contributed by atoms with E-state index in [1.54, 1.807) is 0 Å². The van der Waals surface area contributed by atoms with Crippen molar-refractivity contribution in [2.75, 3.05) is 0 Å². The van der Waals surface area contributed by atoms with E-state index >= 15 is 0 Å². The largest absolute Gasteiger partial charge is 0.154 e. The Hall–Kier alpha value is -0.630. The molecule has 70 valence electrons. The van der Waals surface area contributed by atoms with Crippen molar-refractivity contribution in [3.05, 3.63) is 22.5 Å². The minimum atomic E-state index is 0.524. The molecule has 0 amide bonds. The van der Waals surface area contributed by atoms with Crippen molar-refractivity contribution in [2.45, 2.75) is 32.6 Å². The van der Waals surface area contributed by atoms with E-state index in [1.807, 2.05) is 6.07 Å². The summed E-state index contributed by atoms with van der Waals surface area (Å²) in [6, 6.07) is 1.96. The third kappa shape index (κ3) is 1.83. The molecule has 1 heterocycles. The molecule has 1 unspecified atom stereocenters. The molecule has 13 heavy (non-hydrogen) atoms. The second-order valence-corrected chi connectivity index (χ2v) is 4.04. The lowest BCUT2D eigenvalue weighted by Gasteiger charge is -2.21. The summed E-state index contributed by atoms with van der Waals surface area (Å²) in [5, 5.41) is 8.49. The number of halogens is 1. The van der Waals surface area contributed by atoms with Crippen molar-refractivity contribution >= 4 is 11.6 Å². The highest BCUT2D eigenvalue weighted by molar-refractivity contribution is 6.29. The molecule has 0 fully saturated rings. The lowest BCUT2D eigenvalue weighted by atomic mass is 9.85. The number of fused-ring (bicyclic) bond motifs is 1. The summed E-state index contributed by atoms with van der Waals surface area (Å²) < 4.78 is 0. The van der Waals surface area contributed by atoms with Gasteiger partial charge in [-0.2, -0.15) is 5.10 Å². The summed E-state index contributed by atoms with van der Waals surface area (Å²) >= 11 is 5.79. The van der Waals surface area contributed by atoms with Crippen LogP contribution in [-0.4, -0.2) is 10.2 Å². The second-order valence-electron chi connectivity index (χ2n) is 3.66. The Balaban J connectivity index is 2.27. The molecule has 0 spiro atoms. The predicted molar refractivity (Wildman–Crippen MR) is 52.8 cm³/mol. The van der Waals surface area contributed by atoms with Gasteiger partial charge in [0.1, 0.15) is 0 Å². The molecule has 0 N–H and O–H groups in total. The Bertz CT molecular complexity index is 312. The van der Waals surface area contributed by atoms with Crippen LogP contribution in [0.25, 0.3) is 0 Å². The van der Waals surface area contributed by atoms with Crippen LogP contribution in [0.4, 0.5) is 0 Å². The smallest absolute Gasteiger partial charge is 0.152 e. The van der Waals surface area contributed by atoms with E-state index in [0.717, 1.165) is 24.5 Å². The molecule has 0 saturated heterocycles. The second kappa shape index (κ2) is 3.62. The van der Waals surface area contributed by atoms with E-state index in [-0.39, 0.29) is 0 Å². The quantitative estimate of drug-likeness (QED) is 0.690. The van der Waals surface area contributed by atoms with Crippen molar-refractivity contribution in [3.8, 4) is 0 Å². The summed E-state index contributed by atoms with van der Waals surface area (Å²) in [5.41, 5.74) is 2.45. The van der Waals surface area contributed by atoms with Gasteiger partial charge in [-0.3, -0.25) is 0 Å². The highest BCUT2D eigenvalue weighted by atomic mass is 35.5. The summed E-state index contributed by atoms with van der Waals surface area (Å²) in [6.07, 6.45) is 4.69. The number of aryl methyl sites for hydroxylation is 1. The van der Waals surface area contributed by atoms with Gasteiger partial charge in [0.05, 0.1) is 5.69 Å². The lowest BCUT2D eigenvalue weighted by molar-refractivity contribution is 0.437.